The van der Waals surface area contributed by atoms with Gasteiger partial charge in [-0.25, -0.2) is 4.39 Å². The van der Waals surface area contributed by atoms with Gasteiger partial charge in [0, 0.05) is 12.1 Å². The number of amides is 1. The molecule has 150 valence electrons. The van der Waals surface area contributed by atoms with Gasteiger partial charge in [-0.3, -0.25) is 4.79 Å². The first-order valence-electron chi connectivity index (χ1n) is 9.94. The van der Waals surface area contributed by atoms with Crippen LogP contribution in [-0.2, 0) is 17.8 Å². The first-order chi connectivity index (χ1) is 13.6. The Labute approximate surface area is 166 Å². The highest BCUT2D eigenvalue weighted by atomic mass is 19.1. The predicted octanol–water partition coefficient (Wildman–Crippen LogP) is -0.523. The largest absolute Gasteiger partial charge is 0.497 e. The molecule has 2 aromatic rings. The Balaban J connectivity index is 1.34. The molecule has 0 spiro atoms. The Hall–Kier alpha value is -2.44. The average Bonchev–Trinajstić information content (AvgIpc) is 2.71. The van der Waals surface area contributed by atoms with E-state index in [1.807, 2.05) is 18.2 Å². The number of methoxy groups -OCH3 is 1. The van der Waals surface area contributed by atoms with Crippen LogP contribution in [0.1, 0.15) is 11.1 Å². The number of piperazine rings is 1. The van der Waals surface area contributed by atoms with Crippen molar-refractivity contribution in [3.8, 4) is 5.75 Å². The highest BCUT2D eigenvalue weighted by Gasteiger charge is 2.24. The van der Waals surface area contributed by atoms with Gasteiger partial charge in [0.15, 0.2) is 6.54 Å². The van der Waals surface area contributed by atoms with Gasteiger partial charge < -0.3 is 19.9 Å². The summed E-state index contributed by atoms with van der Waals surface area (Å²) >= 11 is 0. The third kappa shape index (κ3) is 6.04. The van der Waals surface area contributed by atoms with Crippen molar-refractivity contribution < 1.29 is 23.7 Å². The van der Waals surface area contributed by atoms with Crippen LogP contribution in [0.2, 0.25) is 0 Å². The van der Waals surface area contributed by atoms with Gasteiger partial charge in [-0.2, -0.15) is 0 Å². The van der Waals surface area contributed by atoms with E-state index < -0.39 is 0 Å². The smallest absolute Gasteiger partial charge is 0.275 e. The van der Waals surface area contributed by atoms with Crippen molar-refractivity contribution in [1.82, 2.24) is 5.32 Å². The zero-order valence-corrected chi connectivity index (χ0v) is 16.5. The predicted molar refractivity (Wildman–Crippen MR) is 106 cm³/mol. The normalized spacial score (nSPS) is 19.2. The van der Waals surface area contributed by atoms with Crippen molar-refractivity contribution in [3.05, 3.63) is 65.5 Å². The minimum Gasteiger partial charge on any atom is -0.497 e. The van der Waals surface area contributed by atoms with Crippen LogP contribution >= 0.6 is 0 Å². The number of quaternary nitrogens is 2. The van der Waals surface area contributed by atoms with E-state index in [2.05, 4.69) is 17.4 Å². The number of carbonyl (C=O) groups is 1. The zero-order valence-electron chi connectivity index (χ0n) is 16.5. The van der Waals surface area contributed by atoms with E-state index in [1.54, 1.807) is 24.1 Å². The molecule has 1 aliphatic heterocycles. The third-order valence-electron chi connectivity index (χ3n) is 5.36. The first kappa shape index (κ1) is 20.3. The summed E-state index contributed by atoms with van der Waals surface area (Å²) in [7, 11) is 1.68. The minimum absolute atomic E-state index is 0.0462. The number of hydrogen-bond acceptors (Lipinski definition) is 2. The van der Waals surface area contributed by atoms with Crippen LogP contribution in [0.4, 0.5) is 4.39 Å². The molecule has 0 atom stereocenters. The summed E-state index contributed by atoms with van der Waals surface area (Å²) in [5.41, 5.74) is 1.95. The number of halogens is 1. The van der Waals surface area contributed by atoms with Crippen molar-refractivity contribution in [3.63, 3.8) is 0 Å². The summed E-state index contributed by atoms with van der Waals surface area (Å²) in [5.74, 6) is 0.720. The summed E-state index contributed by atoms with van der Waals surface area (Å²) in [6.07, 6.45) is 0.521. The lowest BCUT2D eigenvalue weighted by molar-refractivity contribution is -1.02. The van der Waals surface area contributed by atoms with Crippen molar-refractivity contribution >= 4 is 5.91 Å². The number of benzene rings is 2. The molecule has 0 bridgehead atoms. The minimum atomic E-state index is -0.210. The van der Waals surface area contributed by atoms with Crippen LogP contribution in [0, 0.1) is 5.82 Å². The van der Waals surface area contributed by atoms with Gasteiger partial charge >= 0.3 is 0 Å². The van der Waals surface area contributed by atoms with Crippen LogP contribution in [0.25, 0.3) is 0 Å². The van der Waals surface area contributed by atoms with Crippen LogP contribution in [-0.4, -0.2) is 52.3 Å². The summed E-state index contributed by atoms with van der Waals surface area (Å²) < 4.78 is 18.8. The highest BCUT2D eigenvalue weighted by molar-refractivity contribution is 5.76. The highest BCUT2D eigenvalue weighted by Crippen LogP contribution is 2.10. The summed E-state index contributed by atoms with van der Waals surface area (Å²) in [4.78, 5) is 15.0. The molecule has 3 rings (SSSR count). The fourth-order valence-corrected chi connectivity index (χ4v) is 3.67. The second-order valence-corrected chi connectivity index (χ2v) is 7.39. The Morgan fingerprint density at radius 2 is 1.71 bits per heavy atom. The molecule has 0 aliphatic carbocycles. The molecular weight excluding hydrogens is 357 g/mol. The van der Waals surface area contributed by atoms with Gasteiger partial charge in [0.25, 0.3) is 5.91 Å². The monoisotopic (exact) mass is 387 g/mol. The average molecular weight is 387 g/mol. The van der Waals surface area contributed by atoms with Gasteiger partial charge in [-0.05, 0) is 42.3 Å². The number of ether oxygens (including phenoxy) is 1. The maximum atomic E-state index is 13.6. The SMILES string of the molecule is COc1ccc(C[NH+]2CC[NH+](CC(=O)NCCc3ccccc3F)CC2)cc1. The van der Waals surface area contributed by atoms with Gasteiger partial charge in [0.1, 0.15) is 44.3 Å². The second kappa shape index (κ2) is 10.2. The molecular formula is C22H30FN3O2+2. The molecule has 1 heterocycles. The second-order valence-electron chi connectivity index (χ2n) is 7.39. The van der Waals surface area contributed by atoms with E-state index in [9.17, 15) is 9.18 Å². The number of hydrogen-bond donors (Lipinski definition) is 3. The van der Waals surface area contributed by atoms with Gasteiger partial charge in [0.05, 0.1) is 7.11 Å². The Kier molecular flexibility index (Phi) is 7.39. The Morgan fingerprint density at radius 3 is 2.39 bits per heavy atom. The van der Waals surface area contributed by atoms with E-state index in [4.69, 9.17) is 4.74 Å². The summed E-state index contributed by atoms with van der Waals surface area (Å²) in [6.45, 7) is 6.08. The first-order valence-corrected chi connectivity index (χ1v) is 9.94. The molecule has 0 saturated carbocycles. The van der Waals surface area contributed by atoms with Crippen LogP contribution < -0.4 is 19.9 Å². The summed E-state index contributed by atoms with van der Waals surface area (Å²) in [6, 6.07) is 15.0. The standard InChI is InChI=1S/C22H28FN3O2/c1-28-20-8-6-18(7-9-20)16-25-12-14-26(15-13-25)17-22(27)24-11-10-19-4-2-3-5-21(19)23/h2-9H,10-17H2,1H3,(H,24,27)/p+2. The lowest BCUT2D eigenvalue weighted by Gasteiger charge is -2.29. The molecule has 1 amide bonds. The third-order valence-corrected chi connectivity index (χ3v) is 5.36. The molecule has 1 aliphatic rings. The number of carbonyl (C=O) groups excluding carboxylic acids is 1. The van der Waals surface area contributed by atoms with E-state index in [0.29, 0.717) is 25.1 Å². The maximum Gasteiger partial charge on any atom is 0.275 e. The molecule has 3 N–H and O–H groups in total. The fourth-order valence-electron chi connectivity index (χ4n) is 3.67. The van der Waals surface area contributed by atoms with Gasteiger partial charge in [-0.15, -0.1) is 0 Å². The lowest BCUT2D eigenvalue weighted by Crippen LogP contribution is -3.28. The molecule has 0 aromatic heterocycles. The fraction of sp³-hybridized carbons (Fsp3) is 0.409. The molecule has 28 heavy (non-hydrogen) atoms. The summed E-state index contributed by atoms with van der Waals surface area (Å²) in [5, 5.41) is 2.92. The quantitative estimate of drug-likeness (QED) is 0.571. The van der Waals surface area contributed by atoms with E-state index >= 15 is 0 Å². The number of nitrogens with one attached hydrogen (secondary N) is 3. The Bertz CT molecular complexity index is 759. The lowest BCUT2D eigenvalue weighted by atomic mass is 10.1. The molecule has 0 unspecified atom stereocenters. The van der Waals surface area contributed by atoms with E-state index in [1.165, 1.54) is 16.5 Å². The van der Waals surface area contributed by atoms with Crippen molar-refractivity contribution in [2.45, 2.75) is 13.0 Å². The van der Waals surface area contributed by atoms with Gasteiger partial charge in [-0.1, -0.05) is 18.2 Å². The maximum absolute atomic E-state index is 13.6. The van der Waals surface area contributed by atoms with Crippen LogP contribution in [0.3, 0.4) is 0 Å². The zero-order chi connectivity index (χ0) is 19.8. The van der Waals surface area contributed by atoms with Crippen molar-refractivity contribution in [1.29, 1.82) is 0 Å². The molecule has 2 aromatic carbocycles. The van der Waals surface area contributed by atoms with Gasteiger partial charge in [0.2, 0.25) is 0 Å². The molecule has 5 nitrogen and oxygen atoms in total. The Morgan fingerprint density at radius 1 is 1.04 bits per heavy atom. The van der Waals surface area contributed by atoms with Crippen molar-refractivity contribution in [2.75, 3.05) is 46.4 Å². The van der Waals surface area contributed by atoms with E-state index in [0.717, 1.165) is 38.5 Å². The topological polar surface area (TPSA) is 47.2 Å². The van der Waals surface area contributed by atoms with Crippen molar-refractivity contribution in [2.24, 2.45) is 0 Å². The number of rotatable bonds is 8. The molecule has 0 radical (unpaired) electrons. The van der Waals surface area contributed by atoms with Crippen LogP contribution in [0.15, 0.2) is 48.5 Å². The molecule has 1 fully saturated rings. The molecule has 1 saturated heterocycles. The van der Waals surface area contributed by atoms with Crippen LogP contribution in [0.5, 0.6) is 5.75 Å². The molecule has 6 heteroatoms. The van der Waals surface area contributed by atoms with E-state index in [-0.39, 0.29) is 11.7 Å².